The summed E-state index contributed by atoms with van der Waals surface area (Å²) in [6.45, 7) is 3.84. The molecule has 1 heterocycles. The zero-order valence-corrected chi connectivity index (χ0v) is 11.3. The van der Waals surface area contributed by atoms with Gasteiger partial charge in [0.15, 0.2) is 0 Å². The maximum atomic E-state index is 11.8. The van der Waals surface area contributed by atoms with Crippen molar-refractivity contribution in [3.05, 3.63) is 34.7 Å². The molecular weight excluding hydrogens is 260 g/mol. The molecule has 106 valence electrons. The summed E-state index contributed by atoms with van der Waals surface area (Å²) in [6.07, 6.45) is 0.410. The molecule has 0 saturated heterocycles. The van der Waals surface area contributed by atoms with Gasteiger partial charge in [0.1, 0.15) is 6.04 Å². The highest BCUT2D eigenvalue weighted by atomic mass is 16.4. The molecule has 1 atom stereocenters. The highest BCUT2D eigenvalue weighted by molar-refractivity contribution is 5.79. The summed E-state index contributed by atoms with van der Waals surface area (Å²) in [5.74, 6) is -0.813. The number of hydrogen-bond donors (Lipinski definition) is 2. The van der Waals surface area contributed by atoms with E-state index in [0.29, 0.717) is 17.3 Å². The van der Waals surface area contributed by atoms with Gasteiger partial charge in [-0.1, -0.05) is 26.0 Å². The highest BCUT2D eigenvalue weighted by Crippen LogP contribution is 2.14. The highest BCUT2D eigenvalue weighted by Gasteiger charge is 2.20. The Bertz CT molecular complexity index is 678. The second-order valence-electron chi connectivity index (χ2n) is 4.99. The molecule has 0 aliphatic heterocycles. The van der Waals surface area contributed by atoms with Gasteiger partial charge < -0.3 is 14.8 Å². The van der Waals surface area contributed by atoms with Crippen molar-refractivity contribution in [2.75, 3.05) is 5.32 Å². The Morgan fingerprint density at radius 2 is 2.10 bits per heavy atom. The molecule has 6 heteroatoms. The average Bonchev–Trinajstić information content (AvgIpc) is 2.37. The maximum Gasteiger partial charge on any atom is 0.348 e. The molecule has 0 radical (unpaired) electrons. The van der Waals surface area contributed by atoms with Crippen molar-refractivity contribution in [1.29, 1.82) is 0 Å². The number of aliphatic carboxylic acids is 1. The van der Waals surface area contributed by atoms with Gasteiger partial charge in [0.25, 0.3) is 6.01 Å². The molecule has 2 N–H and O–H groups in total. The van der Waals surface area contributed by atoms with E-state index in [1.165, 1.54) is 0 Å². The predicted octanol–water partition coefficient (Wildman–Crippen LogP) is 2.10. The van der Waals surface area contributed by atoms with Gasteiger partial charge in [-0.05, 0) is 24.5 Å². The van der Waals surface area contributed by atoms with Crippen molar-refractivity contribution in [3.8, 4) is 0 Å². The van der Waals surface area contributed by atoms with E-state index in [4.69, 9.17) is 9.52 Å². The summed E-state index contributed by atoms with van der Waals surface area (Å²) < 4.78 is 5.01. The third-order valence-corrected chi connectivity index (χ3v) is 2.84. The van der Waals surface area contributed by atoms with Crippen molar-refractivity contribution in [2.24, 2.45) is 5.92 Å². The summed E-state index contributed by atoms with van der Waals surface area (Å²) in [4.78, 5) is 27.1. The topological polar surface area (TPSA) is 92.4 Å². The minimum Gasteiger partial charge on any atom is -0.480 e. The van der Waals surface area contributed by atoms with E-state index in [0.717, 1.165) is 0 Å². The standard InChI is InChI=1S/C14H16N2O4/c1-8(2)7-11(12(17)18)16-14-15-10-6-4-3-5-9(10)13(19)20-14/h3-6,8,11H,7H2,1-2H3,(H,15,16)(H,17,18)/t11-/m1/s1. The molecule has 0 fully saturated rings. The second kappa shape index (κ2) is 5.73. The zero-order chi connectivity index (χ0) is 14.7. The smallest absolute Gasteiger partial charge is 0.348 e. The van der Waals surface area contributed by atoms with Crippen LogP contribution >= 0.6 is 0 Å². The largest absolute Gasteiger partial charge is 0.480 e. The first kappa shape index (κ1) is 14.0. The third kappa shape index (κ3) is 3.14. The molecule has 0 unspecified atom stereocenters. The van der Waals surface area contributed by atoms with E-state index >= 15 is 0 Å². The third-order valence-electron chi connectivity index (χ3n) is 2.84. The van der Waals surface area contributed by atoms with Crippen LogP contribution in [0.4, 0.5) is 6.01 Å². The van der Waals surface area contributed by atoms with Crippen molar-refractivity contribution < 1.29 is 14.3 Å². The van der Waals surface area contributed by atoms with Crippen molar-refractivity contribution in [2.45, 2.75) is 26.3 Å². The number of para-hydroxylation sites is 1. The van der Waals surface area contributed by atoms with Gasteiger partial charge in [-0.25, -0.2) is 9.59 Å². The van der Waals surface area contributed by atoms with Crippen molar-refractivity contribution in [3.63, 3.8) is 0 Å². The number of carboxylic acids is 1. The minimum absolute atomic E-state index is 0.0678. The number of benzene rings is 1. The molecule has 0 bridgehead atoms. The number of carboxylic acid groups (broad SMARTS) is 1. The normalized spacial score (nSPS) is 12.6. The summed E-state index contributed by atoms with van der Waals surface area (Å²) >= 11 is 0. The molecule has 0 saturated carbocycles. The Kier molecular flexibility index (Phi) is 4.02. The lowest BCUT2D eigenvalue weighted by molar-refractivity contribution is -0.138. The molecule has 0 spiro atoms. The van der Waals surface area contributed by atoms with Gasteiger partial charge in [0.2, 0.25) is 0 Å². The van der Waals surface area contributed by atoms with Gasteiger partial charge in [-0.3, -0.25) is 0 Å². The lowest BCUT2D eigenvalue weighted by atomic mass is 10.0. The average molecular weight is 276 g/mol. The van der Waals surface area contributed by atoms with Crippen LogP contribution in [0, 0.1) is 5.92 Å². The van der Waals surface area contributed by atoms with Gasteiger partial charge >= 0.3 is 11.6 Å². The summed E-state index contributed by atoms with van der Waals surface area (Å²) in [7, 11) is 0. The molecule has 1 aromatic carbocycles. The van der Waals surface area contributed by atoms with Crippen LogP contribution in [0.3, 0.4) is 0 Å². The van der Waals surface area contributed by atoms with Gasteiger partial charge in [-0.2, -0.15) is 4.98 Å². The Morgan fingerprint density at radius 1 is 1.40 bits per heavy atom. The fraction of sp³-hybridized carbons (Fsp3) is 0.357. The number of nitrogens with zero attached hydrogens (tertiary/aromatic N) is 1. The summed E-state index contributed by atoms with van der Waals surface area (Å²) in [6, 6.07) is 5.85. The Balaban J connectivity index is 2.33. The first-order valence-electron chi connectivity index (χ1n) is 6.36. The summed E-state index contributed by atoms with van der Waals surface area (Å²) in [5, 5.41) is 12.2. The van der Waals surface area contributed by atoms with Crippen LogP contribution in [-0.4, -0.2) is 22.1 Å². The fourth-order valence-corrected chi connectivity index (χ4v) is 1.92. The number of fused-ring (bicyclic) bond motifs is 1. The zero-order valence-electron chi connectivity index (χ0n) is 11.3. The first-order valence-corrected chi connectivity index (χ1v) is 6.36. The van der Waals surface area contributed by atoms with Gasteiger partial charge in [0, 0.05) is 0 Å². The number of hydrogen-bond acceptors (Lipinski definition) is 5. The number of aromatic nitrogens is 1. The monoisotopic (exact) mass is 276 g/mol. The van der Waals surface area contributed by atoms with E-state index < -0.39 is 17.6 Å². The predicted molar refractivity (Wildman–Crippen MR) is 74.8 cm³/mol. The van der Waals surface area contributed by atoms with Crippen LogP contribution < -0.4 is 10.9 Å². The Hall–Kier alpha value is -2.37. The molecule has 0 aliphatic carbocycles. The lowest BCUT2D eigenvalue weighted by Gasteiger charge is -2.15. The van der Waals surface area contributed by atoms with E-state index in [2.05, 4.69) is 10.3 Å². The van der Waals surface area contributed by atoms with Gasteiger partial charge in [0.05, 0.1) is 10.9 Å². The minimum atomic E-state index is -1.00. The molecule has 0 amide bonds. The lowest BCUT2D eigenvalue weighted by Crippen LogP contribution is -2.31. The quantitative estimate of drug-likeness (QED) is 0.868. The molecule has 1 aromatic heterocycles. The Morgan fingerprint density at radius 3 is 2.75 bits per heavy atom. The molecule has 20 heavy (non-hydrogen) atoms. The molecule has 2 rings (SSSR count). The Labute approximate surface area is 115 Å². The van der Waals surface area contributed by atoms with Gasteiger partial charge in [-0.15, -0.1) is 0 Å². The van der Waals surface area contributed by atoms with Crippen LogP contribution in [-0.2, 0) is 4.79 Å². The van der Waals surface area contributed by atoms with Crippen molar-refractivity contribution in [1.82, 2.24) is 4.98 Å². The van der Waals surface area contributed by atoms with Crippen molar-refractivity contribution >= 4 is 22.9 Å². The van der Waals surface area contributed by atoms with Crippen LogP contribution in [0.1, 0.15) is 20.3 Å². The number of carbonyl (C=O) groups is 1. The van der Waals surface area contributed by atoms with Crippen LogP contribution in [0.25, 0.3) is 10.9 Å². The first-order chi connectivity index (χ1) is 9.47. The van der Waals surface area contributed by atoms with Crippen LogP contribution in [0.2, 0.25) is 0 Å². The molecule has 6 nitrogen and oxygen atoms in total. The van der Waals surface area contributed by atoms with E-state index in [9.17, 15) is 9.59 Å². The van der Waals surface area contributed by atoms with Crippen LogP contribution in [0.5, 0.6) is 0 Å². The SMILES string of the molecule is CC(C)C[C@@H](Nc1nc2ccccc2c(=O)o1)C(=O)O. The number of nitrogens with one attached hydrogen (secondary N) is 1. The molecular formula is C14H16N2O4. The summed E-state index contributed by atoms with van der Waals surface area (Å²) in [5.41, 5.74) is -0.0632. The number of anilines is 1. The second-order valence-corrected chi connectivity index (χ2v) is 4.99. The molecule has 2 aromatic rings. The fourth-order valence-electron chi connectivity index (χ4n) is 1.92. The maximum absolute atomic E-state index is 11.8. The van der Waals surface area contributed by atoms with E-state index in [1.54, 1.807) is 24.3 Å². The number of rotatable bonds is 5. The van der Waals surface area contributed by atoms with E-state index in [1.807, 2.05) is 13.8 Å². The van der Waals surface area contributed by atoms with E-state index in [-0.39, 0.29) is 11.9 Å². The van der Waals surface area contributed by atoms with Crippen LogP contribution in [0.15, 0.2) is 33.5 Å². The molecule has 0 aliphatic rings.